The van der Waals surface area contributed by atoms with Crippen LogP contribution in [0.5, 0.6) is 0 Å². The smallest absolute Gasteiger partial charge is 0.293 e. The van der Waals surface area contributed by atoms with Crippen molar-refractivity contribution in [2.45, 2.75) is 38.8 Å². The van der Waals surface area contributed by atoms with Gasteiger partial charge >= 0.3 is 0 Å². The molecule has 3 amide bonds. The van der Waals surface area contributed by atoms with Crippen LogP contribution in [0, 0.1) is 0 Å². The van der Waals surface area contributed by atoms with Crippen LogP contribution in [0.25, 0.3) is 17.0 Å². The average molecular weight is 536 g/mol. The van der Waals surface area contributed by atoms with Gasteiger partial charge in [-0.05, 0) is 74.4 Å². The molecule has 2 aliphatic heterocycles. The van der Waals surface area contributed by atoms with Crippen LogP contribution in [0.15, 0.2) is 59.6 Å². The van der Waals surface area contributed by atoms with Crippen molar-refractivity contribution >= 4 is 63.2 Å². The quantitative estimate of drug-likeness (QED) is 0.302. The number of aromatic nitrogens is 1. The molecular weight excluding hydrogens is 510 g/mol. The van der Waals surface area contributed by atoms with E-state index in [1.54, 1.807) is 30.3 Å². The fraction of sp³-hybridized carbons (Fsp3) is 0.286. The van der Waals surface area contributed by atoms with E-state index in [2.05, 4.69) is 6.92 Å². The molecule has 5 rings (SSSR count). The molecule has 2 aliphatic rings. The van der Waals surface area contributed by atoms with Crippen molar-refractivity contribution in [2.24, 2.45) is 0 Å². The summed E-state index contributed by atoms with van der Waals surface area (Å²) in [6.07, 6.45) is 6.69. The first kappa shape index (κ1) is 25.3. The number of nitrogens with zero attached hydrogens (tertiary/aromatic N) is 3. The average Bonchev–Trinajstić information content (AvgIpc) is 3.36. The lowest BCUT2D eigenvalue weighted by atomic mass is 10.0. The SMILES string of the molecule is C[C@@H]1CCCCN1C(=O)Cn1cc(/C=C2\SC(=O)N(CC(=O)c3ccc(Cl)cc3)C2=O)c2ccccc21. The third-order valence-electron chi connectivity index (χ3n) is 6.88. The van der Waals surface area contributed by atoms with E-state index in [4.69, 9.17) is 11.6 Å². The summed E-state index contributed by atoms with van der Waals surface area (Å²) in [5, 5.41) is 0.888. The topological polar surface area (TPSA) is 79.7 Å². The number of para-hydroxylation sites is 1. The van der Waals surface area contributed by atoms with E-state index in [0.29, 0.717) is 10.6 Å². The van der Waals surface area contributed by atoms with Gasteiger partial charge in [0.15, 0.2) is 5.78 Å². The number of amides is 3. The standard InChI is InChI=1S/C28H26ClN3O4S/c1-18-6-4-5-13-31(18)26(34)17-30-15-20(22-7-2-3-8-23(22)30)14-25-27(35)32(28(36)37-25)16-24(33)19-9-11-21(29)12-10-19/h2-3,7-12,14-15,18H,4-6,13,16-17H2,1H3/b25-14-/t18-/m1/s1. The van der Waals surface area contributed by atoms with E-state index in [-0.39, 0.29) is 35.7 Å². The molecule has 0 bridgehead atoms. The van der Waals surface area contributed by atoms with Crippen molar-refractivity contribution in [3.8, 4) is 0 Å². The Balaban J connectivity index is 1.38. The van der Waals surface area contributed by atoms with Gasteiger partial charge in [0.25, 0.3) is 11.1 Å². The van der Waals surface area contributed by atoms with Crippen LogP contribution >= 0.6 is 23.4 Å². The molecule has 0 radical (unpaired) electrons. The number of rotatable bonds is 6. The summed E-state index contributed by atoms with van der Waals surface area (Å²) in [4.78, 5) is 54.6. The Bertz CT molecular complexity index is 1430. The molecule has 0 N–H and O–H groups in total. The molecule has 190 valence electrons. The second kappa shape index (κ2) is 10.6. The summed E-state index contributed by atoms with van der Waals surface area (Å²) >= 11 is 6.69. The minimum atomic E-state index is -0.507. The molecule has 3 heterocycles. The van der Waals surface area contributed by atoms with Gasteiger partial charge in [-0.2, -0.15) is 0 Å². The number of carbonyl (C=O) groups is 4. The van der Waals surface area contributed by atoms with Crippen LogP contribution in [-0.2, 0) is 16.1 Å². The number of carbonyl (C=O) groups excluding carboxylic acids is 4. The number of hydrogen-bond donors (Lipinski definition) is 0. The van der Waals surface area contributed by atoms with E-state index in [1.807, 2.05) is 39.9 Å². The predicted octanol–water partition coefficient (Wildman–Crippen LogP) is 5.61. The molecule has 0 saturated carbocycles. The fourth-order valence-electron chi connectivity index (χ4n) is 4.87. The van der Waals surface area contributed by atoms with Crippen molar-refractivity contribution in [1.29, 1.82) is 0 Å². The van der Waals surface area contributed by atoms with Crippen molar-refractivity contribution in [2.75, 3.05) is 13.1 Å². The number of Topliss-reactive ketones (excluding diaryl/α,β-unsaturated/α-hetero) is 1. The second-order valence-corrected chi connectivity index (χ2v) is 10.8. The summed E-state index contributed by atoms with van der Waals surface area (Å²) in [5.74, 6) is -0.782. The zero-order valence-corrected chi connectivity index (χ0v) is 21.9. The van der Waals surface area contributed by atoms with E-state index in [0.717, 1.165) is 58.9 Å². The Hall–Kier alpha value is -3.36. The number of thioether (sulfide) groups is 1. The number of halogens is 1. The van der Waals surface area contributed by atoms with Crippen molar-refractivity contribution < 1.29 is 19.2 Å². The van der Waals surface area contributed by atoms with Crippen molar-refractivity contribution in [3.05, 3.63) is 75.8 Å². The van der Waals surface area contributed by atoms with Gasteiger partial charge in [0.1, 0.15) is 6.54 Å². The fourth-order valence-corrected chi connectivity index (χ4v) is 5.83. The molecule has 37 heavy (non-hydrogen) atoms. The Morgan fingerprint density at radius 3 is 2.57 bits per heavy atom. The number of benzene rings is 2. The van der Waals surface area contributed by atoms with Crippen LogP contribution in [0.4, 0.5) is 4.79 Å². The van der Waals surface area contributed by atoms with Gasteiger partial charge in [-0.25, -0.2) is 0 Å². The first-order valence-corrected chi connectivity index (χ1v) is 13.4. The van der Waals surface area contributed by atoms with Gasteiger partial charge in [-0.1, -0.05) is 29.8 Å². The molecule has 0 unspecified atom stereocenters. The lowest BCUT2D eigenvalue weighted by Crippen LogP contribution is -2.43. The summed E-state index contributed by atoms with van der Waals surface area (Å²) < 4.78 is 1.90. The zero-order valence-electron chi connectivity index (χ0n) is 20.4. The van der Waals surface area contributed by atoms with Crippen LogP contribution in [0.2, 0.25) is 5.02 Å². The number of fused-ring (bicyclic) bond motifs is 1. The predicted molar refractivity (Wildman–Crippen MR) is 145 cm³/mol. The molecule has 7 nitrogen and oxygen atoms in total. The summed E-state index contributed by atoms with van der Waals surface area (Å²) in [6, 6.07) is 14.2. The lowest BCUT2D eigenvalue weighted by molar-refractivity contribution is -0.135. The highest BCUT2D eigenvalue weighted by atomic mass is 35.5. The van der Waals surface area contributed by atoms with Crippen LogP contribution in [0.3, 0.4) is 0 Å². The largest absolute Gasteiger partial charge is 0.338 e. The van der Waals surface area contributed by atoms with E-state index < -0.39 is 11.1 Å². The van der Waals surface area contributed by atoms with E-state index >= 15 is 0 Å². The molecule has 0 spiro atoms. The first-order valence-electron chi connectivity index (χ1n) is 12.2. The molecule has 2 saturated heterocycles. The van der Waals surface area contributed by atoms with Crippen LogP contribution in [-0.4, -0.2) is 56.3 Å². The van der Waals surface area contributed by atoms with E-state index in [1.165, 1.54) is 0 Å². The summed E-state index contributed by atoms with van der Waals surface area (Å²) in [7, 11) is 0. The number of imide groups is 1. The molecule has 2 aromatic carbocycles. The Morgan fingerprint density at radius 2 is 1.81 bits per heavy atom. The molecule has 0 aliphatic carbocycles. The van der Waals surface area contributed by atoms with Gasteiger partial charge in [0, 0.05) is 45.8 Å². The van der Waals surface area contributed by atoms with Gasteiger partial charge in [0.05, 0.1) is 11.4 Å². The highest BCUT2D eigenvalue weighted by Gasteiger charge is 2.36. The molecular formula is C28H26ClN3O4S. The lowest BCUT2D eigenvalue weighted by Gasteiger charge is -2.33. The maximum atomic E-state index is 13.1. The number of hydrogen-bond acceptors (Lipinski definition) is 5. The third-order valence-corrected chi connectivity index (χ3v) is 8.04. The van der Waals surface area contributed by atoms with Gasteiger partial charge in [-0.3, -0.25) is 24.1 Å². The molecule has 2 fully saturated rings. The third kappa shape index (κ3) is 5.22. The van der Waals surface area contributed by atoms with E-state index in [9.17, 15) is 19.2 Å². The van der Waals surface area contributed by atoms with Crippen molar-refractivity contribution in [1.82, 2.24) is 14.4 Å². The Morgan fingerprint density at radius 1 is 1.05 bits per heavy atom. The number of piperidine rings is 1. The maximum Gasteiger partial charge on any atom is 0.293 e. The summed E-state index contributed by atoms with van der Waals surface area (Å²) in [5.41, 5.74) is 2.00. The highest BCUT2D eigenvalue weighted by Crippen LogP contribution is 2.34. The Labute approximate surface area is 224 Å². The molecule has 1 atom stereocenters. The van der Waals surface area contributed by atoms with Gasteiger partial charge < -0.3 is 9.47 Å². The molecule has 1 aromatic heterocycles. The number of ketones is 1. The van der Waals surface area contributed by atoms with Crippen LogP contribution in [0.1, 0.15) is 42.1 Å². The minimum absolute atomic E-state index is 0.0699. The minimum Gasteiger partial charge on any atom is -0.338 e. The van der Waals surface area contributed by atoms with Crippen molar-refractivity contribution in [3.63, 3.8) is 0 Å². The van der Waals surface area contributed by atoms with Gasteiger partial charge in [-0.15, -0.1) is 0 Å². The molecule has 9 heteroatoms. The molecule has 3 aromatic rings. The normalized spacial score (nSPS) is 19.3. The first-order chi connectivity index (χ1) is 17.8. The number of likely N-dealkylation sites (tertiary alicyclic amines) is 1. The highest BCUT2D eigenvalue weighted by molar-refractivity contribution is 8.18. The van der Waals surface area contributed by atoms with Crippen LogP contribution < -0.4 is 0 Å². The summed E-state index contributed by atoms with van der Waals surface area (Å²) in [6.45, 7) is 2.72. The maximum absolute atomic E-state index is 13.1. The Kier molecular flexibility index (Phi) is 7.22. The zero-order chi connectivity index (χ0) is 26.1. The van der Waals surface area contributed by atoms with Gasteiger partial charge in [0.2, 0.25) is 5.91 Å². The second-order valence-electron chi connectivity index (χ2n) is 9.36. The monoisotopic (exact) mass is 535 g/mol.